The van der Waals surface area contributed by atoms with Gasteiger partial charge in [0.2, 0.25) is 0 Å². The van der Waals surface area contributed by atoms with Gasteiger partial charge >= 0.3 is 5.97 Å². The second-order valence-corrected chi connectivity index (χ2v) is 4.22. The quantitative estimate of drug-likeness (QED) is 0.768. The fourth-order valence-electron chi connectivity index (χ4n) is 1.60. The molecule has 1 aliphatic rings. The summed E-state index contributed by atoms with van der Waals surface area (Å²) in [6, 6.07) is 0. The Kier molecular flexibility index (Phi) is 1.87. The van der Waals surface area contributed by atoms with Crippen molar-refractivity contribution in [2.24, 2.45) is 0 Å². The molecule has 76 valence electrons. The van der Waals surface area contributed by atoms with Crippen LogP contribution in [0.2, 0.25) is 0 Å². The van der Waals surface area contributed by atoms with E-state index in [1.807, 2.05) is 13.8 Å². The van der Waals surface area contributed by atoms with E-state index in [1.54, 1.807) is 6.20 Å². The number of nitrogens with one attached hydrogen (secondary N) is 1. The van der Waals surface area contributed by atoms with Gasteiger partial charge in [0, 0.05) is 12.1 Å². The molecule has 2 N–H and O–H groups in total. The van der Waals surface area contributed by atoms with Crippen LogP contribution in [0.25, 0.3) is 0 Å². The second-order valence-electron chi connectivity index (χ2n) is 4.22. The van der Waals surface area contributed by atoms with Crippen LogP contribution in [-0.4, -0.2) is 21.0 Å². The van der Waals surface area contributed by atoms with Crippen molar-refractivity contribution in [2.75, 3.05) is 0 Å². The zero-order valence-corrected chi connectivity index (χ0v) is 8.37. The first-order valence-electron chi connectivity index (χ1n) is 4.85. The summed E-state index contributed by atoms with van der Waals surface area (Å²) >= 11 is 0. The minimum absolute atomic E-state index is 0.313. The van der Waals surface area contributed by atoms with Crippen LogP contribution >= 0.6 is 0 Å². The molecule has 4 nitrogen and oxygen atoms in total. The Hall–Kier alpha value is -1.32. The summed E-state index contributed by atoms with van der Waals surface area (Å²) in [4.78, 5) is 18.3. The van der Waals surface area contributed by atoms with Crippen molar-refractivity contribution in [2.45, 2.75) is 38.0 Å². The van der Waals surface area contributed by atoms with Crippen molar-refractivity contribution in [3.05, 3.63) is 17.7 Å². The van der Waals surface area contributed by atoms with Gasteiger partial charge in [-0.1, -0.05) is 13.8 Å². The van der Waals surface area contributed by atoms with Crippen LogP contribution in [0.15, 0.2) is 6.20 Å². The normalized spacial score (nSPS) is 18.5. The molecule has 1 aromatic heterocycles. The molecule has 0 spiro atoms. The van der Waals surface area contributed by atoms with Gasteiger partial charge in [-0.15, -0.1) is 0 Å². The monoisotopic (exact) mass is 194 g/mol. The summed E-state index contributed by atoms with van der Waals surface area (Å²) in [6.45, 7) is 4.06. The van der Waals surface area contributed by atoms with Crippen LogP contribution in [0.1, 0.15) is 44.1 Å². The number of aromatic amines is 1. The lowest BCUT2D eigenvalue weighted by Gasteiger charge is -2.06. The van der Waals surface area contributed by atoms with E-state index in [9.17, 15) is 4.79 Å². The Morgan fingerprint density at radius 1 is 1.64 bits per heavy atom. The highest BCUT2D eigenvalue weighted by Gasteiger charge is 2.53. The predicted octanol–water partition coefficient (Wildman–Crippen LogP) is 1.65. The van der Waals surface area contributed by atoms with E-state index >= 15 is 0 Å². The first kappa shape index (κ1) is 9.24. The first-order chi connectivity index (χ1) is 6.56. The molecule has 1 aromatic rings. The zero-order valence-electron chi connectivity index (χ0n) is 8.37. The van der Waals surface area contributed by atoms with Crippen LogP contribution < -0.4 is 0 Å². The van der Waals surface area contributed by atoms with Gasteiger partial charge in [-0.3, -0.25) is 4.79 Å². The molecule has 4 heteroatoms. The van der Waals surface area contributed by atoms with E-state index in [-0.39, 0.29) is 0 Å². The van der Waals surface area contributed by atoms with E-state index < -0.39 is 11.4 Å². The third-order valence-corrected chi connectivity index (χ3v) is 2.82. The van der Waals surface area contributed by atoms with Gasteiger partial charge in [0.1, 0.15) is 11.2 Å². The molecule has 0 aliphatic heterocycles. The number of aromatic nitrogens is 2. The molecular weight excluding hydrogens is 180 g/mol. The molecule has 0 amide bonds. The van der Waals surface area contributed by atoms with E-state index in [1.165, 1.54) is 0 Å². The topological polar surface area (TPSA) is 66.0 Å². The molecule has 0 radical (unpaired) electrons. The summed E-state index contributed by atoms with van der Waals surface area (Å²) in [6.07, 6.45) is 3.11. The third-order valence-electron chi connectivity index (χ3n) is 2.82. The van der Waals surface area contributed by atoms with Crippen molar-refractivity contribution >= 4 is 5.97 Å². The van der Waals surface area contributed by atoms with Gasteiger partial charge in [-0.05, 0) is 12.8 Å². The average molecular weight is 194 g/mol. The number of nitrogens with zero attached hydrogens (tertiary/aromatic N) is 1. The predicted molar refractivity (Wildman–Crippen MR) is 51.2 cm³/mol. The molecule has 0 saturated heterocycles. The average Bonchev–Trinajstić information content (AvgIpc) is 2.77. The molecule has 2 rings (SSSR count). The minimum Gasteiger partial charge on any atom is -0.481 e. The first-order valence-corrected chi connectivity index (χ1v) is 4.85. The summed E-state index contributed by atoms with van der Waals surface area (Å²) in [7, 11) is 0. The number of aliphatic carboxylic acids is 1. The number of imidazole rings is 1. The molecule has 0 bridgehead atoms. The zero-order chi connectivity index (χ0) is 10.3. The molecule has 1 aliphatic carbocycles. The number of carboxylic acids is 1. The smallest absolute Gasteiger partial charge is 0.315 e. The highest BCUT2D eigenvalue weighted by Crippen LogP contribution is 2.47. The number of H-pyrrole nitrogens is 1. The molecular formula is C10H14N2O2. The lowest BCUT2D eigenvalue weighted by Crippen LogP contribution is -2.19. The van der Waals surface area contributed by atoms with E-state index in [4.69, 9.17) is 5.11 Å². The fraction of sp³-hybridized carbons (Fsp3) is 0.600. The van der Waals surface area contributed by atoms with Crippen LogP contribution in [0.5, 0.6) is 0 Å². The third kappa shape index (κ3) is 1.22. The Morgan fingerprint density at radius 3 is 2.64 bits per heavy atom. The summed E-state index contributed by atoms with van der Waals surface area (Å²) in [5, 5.41) is 9.06. The van der Waals surface area contributed by atoms with Gasteiger partial charge in [0.25, 0.3) is 0 Å². The molecule has 0 aromatic carbocycles. The summed E-state index contributed by atoms with van der Waals surface area (Å²) in [5.41, 5.74) is 0.105. The molecule has 0 atom stereocenters. The molecule has 1 saturated carbocycles. The van der Waals surface area contributed by atoms with Crippen molar-refractivity contribution in [1.29, 1.82) is 0 Å². The maximum absolute atomic E-state index is 11.0. The maximum atomic E-state index is 11.0. The number of carbonyl (C=O) groups is 1. The van der Waals surface area contributed by atoms with Gasteiger partial charge < -0.3 is 10.1 Å². The number of hydrogen-bond donors (Lipinski definition) is 2. The number of carboxylic acid groups (broad SMARTS) is 1. The van der Waals surface area contributed by atoms with Crippen molar-refractivity contribution in [3.8, 4) is 0 Å². The highest BCUT2D eigenvalue weighted by molar-refractivity contribution is 5.84. The second kappa shape index (κ2) is 2.83. The largest absolute Gasteiger partial charge is 0.481 e. The molecule has 14 heavy (non-hydrogen) atoms. The fourth-order valence-corrected chi connectivity index (χ4v) is 1.60. The van der Waals surface area contributed by atoms with Gasteiger partial charge in [-0.2, -0.15) is 0 Å². The molecule has 1 heterocycles. The van der Waals surface area contributed by atoms with E-state index in [0.717, 1.165) is 24.4 Å². The SMILES string of the molecule is CC(C)c1ncc(C2(C(=O)O)CC2)[nH]1. The number of hydrogen-bond acceptors (Lipinski definition) is 2. The van der Waals surface area contributed by atoms with Gasteiger partial charge in [-0.25, -0.2) is 4.98 Å². The van der Waals surface area contributed by atoms with Crippen LogP contribution in [0.4, 0.5) is 0 Å². The van der Waals surface area contributed by atoms with Crippen LogP contribution in [0, 0.1) is 0 Å². The lowest BCUT2D eigenvalue weighted by molar-refractivity contribution is -0.140. The van der Waals surface area contributed by atoms with E-state index in [2.05, 4.69) is 9.97 Å². The molecule has 1 fully saturated rings. The van der Waals surface area contributed by atoms with E-state index in [0.29, 0.717) is 5.92 Å². The summed E-state index contributed by atoms with van der Waals surface area (Å²) in [5.74, 6) is 0.442. The Morgan fingerprint density at radius 2 is 2.29 bits per heavy atom. The molecule has 0 unspecified atom stereocenters. The maximum Gasteiger partial charge on any atom is 0.315 e. The van der Waals surface area contributed by atoms with Crippen molar-refractivity contribution in [3.63, 3.8) is 0 Å². The van der Waals surface area contributed by atoms with Gasteiger partial charge in [0.05, 0.1) is 5.69 Å². The Labute approximate surface area is 82.4 Å². The highest BCUT2D eigenvalue weighted by atomic mass is 16.4. The Balaban J connectivity index is 2.30. The standard InChI is InChI=1S/C10H14N2O2/c1-6(2)8-11-5-7(12-8)10(3-4-10)9(13)14/h5-6H,3-4H2,1-2H3,(H,11,12)(H,13,14). The Bertz CT molecular complexity index is 364. The van der Waals surface area contributed by atoms with Crippen LogP contribution in [0.3, 0.4) is 0 Å². The number of rotatable bonds is 3. The summed E-state index contributed by atoms with van der Waals surface area (Å²) < 4.78 is 0. The van der Waals surface area contributed by atoms with Crippen LogP contribution in [-0.2, 0) is 10.2 Å². The van der Waals surface area contributed by atoms with Gasteiger partial charge in [0.15, 0.2) is 0 Å². The van der Waals surface area contributed by atoms with Crippen molar-refractivity contribution < 1.29 is 9.90 Å². The minimum atomic E-state index is -0.739. The lowest BCUT2D eigenvalue weighted by atomic mass is 10.0. The van der Waals surface area contributed by atoms with Crippen molar-refractivity contribution in [1.82, 2.24) is 9.97 Å².